The molecule has 2 rings (SSSR count). The average molecular weight is 324 g/mol. The average Bonchev–Trinajstić information content (AvgIpc) is 2.45. The predicted octanol–water partition coefficient (Wildman–Crippen LogP) is 5.07. The van der Waals surface area contributed by atoms with E-state index in [0.717, 1.165) is 10.5 Å². The third-order valence-corrected chi connectivity index (χ3v) is 4.49. The van der Waals surface area contributed by atoms with E-state index in [-0.39, 0.29) is 11.7 Å². The lowest BCUT2D eigenvalue weighted by molar-refractivity contribution is 0.102. The van der Waals surface area contributed by atoms with E-state index in [1.54, 1.807) is 31.2 Å². The Bertz CT molecular complexity index is 680. The summed E-state index contributed by atoms with van der Waals surface area (Å²) in [6, 6.07) is 8.13. The zero-order valence-corrected chi connectivity index (χ0v) is 13.5. The Kier molecular flexibility index (Phi) is 4.91. The number of nitrogens with one attached hydrogen (secondary N) is 1. The second kappa shape index (κ2) is 6.50. The van der Waals surface area contributed by atoms with Crippen LogP contribution in [0.3, 0.4) is 0 Å². The lowest BCUT2D eigenvalue weighted by atomic mass is 10.1. The lowest BCUT2D eigenvalue weighted by Gasteiger charge is -2.10. The molecule has 5 heteroatoms. The van der Waals surface area contributed by atoms with Crippen LogP contribution in [0, 0.1) is 19.7 Å². The summed E-state index contributed by atoms with van der Waals surface area (Å²) in [6.07, 6.45) is 1.89. The van der Waals surface area contributed by atoms with E-state index in [1.165, 1.54) is 17.8 Å². The highest BCUT2D eigenvalue weighted by molar-refractivity contribution is 7.98. The van der Waals surface area contributed by atoms with Crippen LogP contribution in [0.1, 0.15) is 21.5 Å². The monoisotopic (exact) mass is 323 g/mol. The Morgan fingerprint density at radius 2 is 1.95 bits per heavy atom. The summed E-state index contributed by atoms with van der Waals surface area (Å²) in [5.74, 6) is -0.615. The molecule has 0 aliphatic carbocycles. The maximum absolute atomic E-state index is 13.7. The highest BCUT2D eigenvalue weighted by atomic mass is 35.5. The maximum Gasteiger partial charge on any atom is 0.255 e. The Morgan fingerprint density at radius 1 is 1.24 bits per heavy atom. The molecule has 2 aromatic carbocycles. The number of rotatable bonds is 3. The van der Waals surface area contributed by atoms with Crippen LogP contribution < -0.4 is 5.32 Å². The first-order chi connectivity index (χ1) is 9.92. The van der Waals surface area contributed by atoms with Gasteiger partial charge in [0.05, 0.1) is 5.02 Å². The molecule has 0 atom stereocenters. The Balaban J connectivity index is 2.26. The minimum absolute atomic E-state index is 0.287. The predicted molar refractivity (Wildman–Crippen MR) is 87.1 cm³/mol. The fourth-order valence-corrected chi connectivity index (χ4v) is 2.75. The molecule has 2 aromatic rings. The van der Waals surface area contributed by atoms with Crippen molar-refractivity contribution in [2.45, 2.75) is 18.7 Å². The molecule has 0 aromatic heterocycles. The molecule has 0 aliphatic rings. The zero-order chi connectivity index (χ0) is 15.6. The molecule has 2 nitrogen and oxygen atoms in total. The molecule has 1 amide bonds. The van der Waals surface area contributed by atoms with Crippen molar-refractivity contribution in [3.8, 4) is 0 Å². The first kappa shape index (κ1) is 15.9. The lowest BCUT2D eigenvalue weighted by Crippen LogP contribution is -2.12. The molecule has 0 bridgehead atoms. The van der Waals surface area contributed by atoms with Gasteiger partial charge in [0.2, 0.25) is 0 Å². The van der Waals surface area contributed by atoms with Gasteiger partial charge in [-0.15, -0.1) is 11.8 Å². The molecule has 110 valence electrons. The van der Waals surface area contributed by atoms with E-state index in [4.69, 9.17) is 11.6 Å². The Morgan fingerprint density at radius 3 is 2.57 bits per heavy atom. The third-order valence-electron chi connectivity index (χ3n) is 3.28. The van der Waals surface area contributed by atoms with E-state index in [9.17, 15) is 9.18 Å². The molecule has 1 N–H and O–H groups in total. The quantitative estimate of drug-likeness (QED) is 0.799. The van der Waals surface area contributed by atoms with Gasteiger partial charge in [0.25, 0.3) is 5.91 Å². The van der Waals surface area contributed by atoms with Crippen LogP contribution in [-0.2, 0) is 0 Å². The molecule has 0 saturated carbocycles. The van der Waals surface area contributed by atoms with Crippen LogP contribution in [0.4, 0.5) is 10.1 Å². The largest absolute Gasteiger partial charge is 0.322 e. The van der Waals surface area contributed by atoms with Crippen molar-refractivity contribution < 1.29 is 9.18 Å². The fourth-order valence-electron chi connectivity index (χ4n) is 1.89. The van der Waals surface area contributed by atoms with Crippen molar-refractivity contribution in [2.75, 3.05) is 11.6 Å². The fraction of sp³-hybridized carbons (Fsp3) is 0.188. The summed E-state index contributed by atoms with van der Waals surface area (Å²) >= 11 is 7.49. The van der Waals surface area contributed by atoms with Gasteiger partial charge in [-0.05, 0) is 61.6 Å². The van der Waals surface area contributed by atoms with E-state index >= 15 is 0 Å². The van der Waals surface area contributed by atoms with Crippen LogP contribution in [0.25, 0.3) is 0 Å². The number of hydrogen-bond donors (Lipinski definition) is 1. The first-order valence-corrected chi connectivity index (χ1v) is 7.94. The van der Waals surface area contributed by atoms with E-state index in [0.29, 0.717) is 21.8 Å². The van der Waals surface area contributed by atoms with Gasteiger partial charge in [0, 0.05) is 16.1 Å². The highest BCUT2D eigenvalue weighted by Gasteiger charge is 2.11. The van der Waals surface area contributed by atoms with Crippen molar-refractivity contribution in [1.29, 1.82) is 0 Å². The van der Waals surface area contributed by atoms with Crippen LogP contribution in [0.2, 0.25) is 5.02 Å². The van der Waals surface area contributed by atoms with Crippen LogP contribution in [-0.4, -0.2) is 12.2 Å². The minimum Gasteiger partial charge on any atom is -0.322 e. The summed E-state index contributed by atoms with van der Waals surface area (Å²) < 4.78 is 13.7. The topological polar surface area (TPSA) is 29.1 Å². The maximum atomic E-state index is 13.7. The summed E-state index contributed by atoms with van der Waals surface area (Å²) in [5.41, 5.74) is 2.32. The van der Waals surface area contributed by atoms with Gasteiger partial charge in [0.15, 0.2) is 0 Å². The molecule has 0 unspecified atom stereocenters. The number of benzene rings is 2. The van der Waals surface area contributed by atoms with Gasteiger partial charge in [-0.3, -0.25) is 4.79 Å². The number of thioether (sulfide) groups is 1. The summed E-state index contributed by atoms with van der Waals surface area (Å²) in [6.45, 7) is 3.52. The Hall–Kier alpha value is -1.52. The second-order valence-electron chi connectivity index (χ2n) is 4.70. The second-order valence-corrected chi connectivity index (χ2v) is 5.96. The first-order valence-electron chi connectivity index (χ1n) is 6.34. The summed E-state index contributed by atoms with van der Waals surface area (Å²) in [4.78, 5) is 13.0. The van der Waals surface area contributed by atoms with Gasteiger partial charge >= 0.3 is 0 Å². The molecule has 0 heterocycles. The normalized spacial score (nSPS) is 10.5. The van der Waals surface area contributed by atoms with Gasteiger partial charge in [-0.1, -0.05) is 11.6 Å². The molecule has 0 spiro atoms. The SMILES string of the molecule is CSc1cc(C(=O)Nc2cc(C)c(C)c(F)c2)ccc1Cl. The number of halogens is 2. The van der Waals surface area contributed by atoms with Gasteiger partial charge in [-0.2, -0.15) is 0 Å². The van der Waals surface area contributed by atoms with Crippen LogP contribution in [0.5, 0.6) is 0 Å². The highest BCUT2D eigenvalue weighted by Crippen LogP contribution is 2.26. The number of amides is 1. The molecule has 21 heavy (non-hydrogen) atoms. The van der Waals surface area contributed by atoms with Crippen molar-refractivity contribution in [1.82, 2.24) is 0 Å². The molecule has 0 radical (unpaired) electrons. The Labute approximate surface area is 132 Å². The van der Waals surface area contributed by atoms with Crippen LogP contribution >= 0.6 is 23.4 Å². The third kappa shape index (κ3) is 3.57. The molecule has 0 saturated heterocycles. The molecule has 0 fully saturated rings. The van der Waals surface area contributed by atoms with Crippen molar-refractivity contribution >= 4 is 35.0 Å². The van der Waals surface area contributed by atoms with Crippen molar-refractivity contribution in [3.05, 3.63) is 57.9 Å². The smallest absolute Gasteiger partial charge is 0.255 e. The number of aryl methyl sites for hydroxylation is 1. The summed E-state index contributed by atoms with van der Waals surface area (Å²) in [7, 11) is 0. The molecular formula is C16H15ClFNOS. The molecule has 0 aliphatic heterocycles. The number of hydrogen-bond acceptors (Lipinski definition) is 2. The molecular weight excluding hydrogens is 309 g/mol. The number of carbonyl (C=O) groups is 1. The standard InChI is InChI=1S/C16H15ClFNOS/c1-9-6-12(8-14(18)10(9)2)19-16(20)11-4-5-13(17)15(7-11)21-3/h4-8H,1-3H3,(H,19,20). The van der Waals surface area contributed by atoms with Gasteiger partial charge < -0.3 is 5.32 Å². The number of anilines is 1. The summed E-state index contributed by atoms with van der Waals surface area (Å²) in [5, 5.41) is 3.31. The zero-order valence-electron chi connectivity index (χ0n) is 12.0. The van der Waals surface area contributed by atoms with Crippen LogP contribution in [0.15, 0.2) is 35.2 Å². The number of carbonyl (C=O) groups excluding carboxylic acids is 1. The van der Waals surface area contributed by atoms with Crippen molar-refractivity contribution in [2.24, 2.45) is 0 Å². The minimum atomic E-state index is -0.328. The van der Waals surface area contributed by atoms with Gasteiger partial charge in [0.1, 0.15) is 5.82 Å². The van der Waals surface area contributed by atoms with E-state index in [2.05, 4.69) is 5.32 Å². The van der Waals surface area contributed by atoms with E-state index < -0.39 is 0 Å². The van der Waals surface area contributed by atoms with Gasteiger partial charge in [-0.25, -0.2) is 4.39 Å². The van der Waals surface area contributed by atoms with Crippen molar-refractivity contribution in [3.63, 3.8) is 0 Å². The van der Waals surface area contributed by atoms with E-state index in [1.807, 2.05) is 13.2 Å².